The van der Waals surface area contributed by atoms with Crippen molar-refractivity contribution in [2.24, 2.45) is 10.9 Å². The van der Waals surface area contributed by atoms with Gasteiger partial charge < -0.3 is 19.4 Å². The molecule has 0 saturated heterocycles. The molecule has 210 valence electrons. The van der Waals surface area contributed by atoms with E-state index in [-0.39, 0.29) is 29.8 Å². The van der Waals surface area contributed by atoms with Crippen LogP contribution in [0, 0.1) is 11.7 Å². The summed E-state index contributed by atoms with van der Waals surface area (Å²) in [4.78, 5) is 43.9. The Bertz CT molecular complexity index is 1430. The lowest BCUT2D eigenvalue weighted by Gasteiger charge is -2.18. The largest absolute Gasteiger partial charge is 0.462 e. The first kappa shape index (κ1) is 29.4. The van der Waals surface area contributed by atoms with Crippen molar-refractivity contribution in [3.63, 3.8) is 0 Å². The number of thiazole rings is 1. The third-order valence-electron chi connectivity index (χ3n) is 6.23. The summed E-state index contributed by atoms with van der Waals surface area (Å²) in [7, 11) is 0. The highest BCUT2D eigenvalue weighted by atomic mass is 32.2. The quantitative estimate of drug-likeness (QED) is 0.247. The molecular weight excluding hydrogens is 562 g/mol. The summed E-state index contributed by atoms with van der Waals surface area (Å²) < 4.78 is 27.0. The van der Waals surface area contributed by atoms with Crippen LogP contribution in [0.5, 0.6) is 0 Å². The number of thioether (sulfide) groups is 1. The Morgan fingerprint density at radius 1 is 1.21 bits per heavy atom. The van der Waals surface area contributed by atoms with Gasteiger partial charge in [-0.1, -0.05) is 18.3 Å². The van der Waals surface area contributed by atoms with Crippen LogP contribution in [0.15, 0.2) is 23.2 Å². The summed E-state index contributed by atoms with van der Waals surface area (Å²) >= 11 is 3.82. The van der Waals surface area contributed by atoms with Gasteiger partial charge in [-0.15, -0.1) is 23.1 Å². The van der Waals surface area contributed by atoms with E-state index in [0.29, 0.717) is 45.7 Å². The van der Waals surface area contributed by atoms with E-state index < -0.39 is 11.9 Å². The van der Waals surface area contributed by atoms with Crippen molar-refractivity contribution in [1.29, 1.82) is 0 Å². The van der Waals surface area contributed by atoms with Crippen molar-refractivity contribution in [3.8, 4) is 0 Å². The number of hydrogen-bond donors (Lipinski definition) is 1. The summed E-state index contributed by atoms with van der Waals surface area (Å²) in [6.45, 7) is 7.58. The van der Waals surface area contributed by atoms with Crippen LogP contribution in [0.3, 0.4) is 0 Å². The van der Waals surface area contributed by atoms with Crippen molar-refractivity contribution < 1.29 is 28.2 Å². The molecule has 1 aliphatic rings. The van der Waals surface area contributed by atoms with Crippen LogP contribution in [0.25, 0.3) is 10.2 Å². The molecule has 1 atom stereocenters. The summed E-state index contributed by atoms with van der Waals surface area (Å²) in [6.07, 6.45) is 2.66. The van der Waals surface area contributed by atoms with Gasteiger partial charge in [0, 0.05) is 18.0 Å². The van der Waals surface area contributed by atoms with Gasteiger partial charge in [0.25, 0.3) is 5.91 Å². The topological polar surface area (TPSA) is 99.0 Å². The number of fused-ring (bicyclic) bond motifs is 2. The number of anilines is 1. The van der Waals surface area contributed by atoms with Gasteiger partial charge in [-0.05, 0) is 62.8 Å². The van der Waals surface area contributed by atoms with Gasteiger partial charge in [-0.3, -0.25) is 9.59 Å². The molecule has 2 aromatic heterocycles. The Morgan fingerprint density at radius 3 is 2.79 bits per heavy atom. The Hall–Kier alpha value is -2.54. The molecule has 0 aliphatic heterocycles. The van der Waals surface area contributed by atoms with Crippen LogP contribution in [-0.2, 0) is 38.4 Å². The van der Waals surface area contributed by atoms with Crippen LogP contribution < -0.4 is 10.1 Å². The molecule has 1 aliphatic carbocycles. The number of thiophene rings is 1. The molecule has 2 amide bonds. The summed E-state index contributed by atoms with van der Waals surface area (Å²) in [5.41, 5.74) is 2.23. The lowest BCUT2D eigenvalue weighted by molar-refractivity contribution is -0.115. The molecule has 3 aromatic rings. The van der Waals surface area contributed by atoms with E-state index >= 15 is 0 Å². The second kappa shape index (κ2) is 13.7. The average Bonchev–Trinajstić information content (AvgIpc) is 3.40. The molecule has 39 heavy (non-hydrogen) atoms. The zero-order valence-electron chi connectivity index (χ0n) is 22.2. The van der Waals surface area contributed by atoms with E-state index in [1.54, 1.807) is 13.0 Å². The molecule has 0 radical (unpaired) electrons. The number of aromatic nitrogens is 1. The highest BCUT2D eigenvalue weighted by Gasteiger charge is 2.29. The van der Waals surface area contributed by atoms with Gasteiger partial charge in [0.15, 0.2) is 4.80 Å². The molecule has 0 saturated carbocycles. The fraction of sp³-hybridized carbons (Fsp3) is 0.481. The van der Waals surface area contributed by atoms with Crippen LogP contribution in [0.1, 0.15) is 48.0 Å². The molecule has 0 bridgehead atoms. The van der Waals surface area contributed by atoms with Gasteiger partial charge >= 0.3 is 5.97 Å². The predicted molar refractivity (Wildman–Crippen MR) is 154 cm³/mol. The van der Waals surface area contributed by atoms with Crippen LogP contribution in [0.2, 0.25) is 0 Å². The number of nitrogens with one attached hydrogen (secondary N) is 1. The number of carbonyl (C=O) groups is 3. The molecule has 0 fully saturated rings. The number of rotatable bonds is 11. The number of esters is 1. The molecule has 1 aromatic carbocycles. The zero-order valence-corrected chi connectivity index (χ0v) is 24.7. The molecule has 8 nitrogen and oxygen atoms in total. The van der Waals surface area contributed by atoms with Gasteiger partial charge in [0.05, 0.1) is 40.5 Å². The summed E-state index contributed by atoms with van der Waals surface area (Å²) in [5, 5.41) is 3.39. The molecule has 4 rings (SSSR count). The Balaban J connectivity index is 1.41. The number of nitrogens with zero attached hydrogens (tertiary/aromatic N) is 2. The first-order valence-electron chi connectivity index (χ1n) is 12.9. The average molecular weight is 594 g/mol. The maximum atomic E-state index is 13.7. The fourth-order valence-electron chi connectivity index (χ4n) is 4.44. The van der Waals surface area contributed by atoms with Crippen LogP contribution in [-0.4, -0.2) is 53.7 Å². The van der Waals surface area contributed by atoms with Gasteiger partial charge in [0.1, 0.15) is 10.8 Å². The smallest absolute Gasteiger partial charge is 0.341 e. The minimum absolute atomic E-state index is 0.00464. The number of amides is 2. The molecular formula is C27H32FN3O5S3. The number of ether oxygens (including phenoxy) is 2. The second-order valence-corrected chi connectivity index (χ2v) is 12.3. The van der Waals surface area contributed by atoms with Gasteiger partial charge in [-0.2, -0.15) is 4.99 Å². The first-order valence-corrected chi connectivity index (χ1v) is 15.7. The van der Waals surface area contributed by atoms with E-state index in [0.717, 1.165) is 47.0 Å². The van der Waals surface area contributed by atoms with E-state index in [4.69, 9.17) is 9.47 Å². The fourth-order valence-corrected chi connectivity index (χ4v) is 7.55. The van der Waals surface area contributed by atoms with Gasteiger partial charge in [-0.25, -0.2) is 9.18 Å². The summed E-state index contributed by atoms with van der Waals surface area (Å²) in [6, 6.07) is 4.47. The monoisotopic (exact) mass is 593 g/mol. The first-order chi connectivity index (χ1) is 18.8. The number of hydrogen-bond acceptors (Lipinski definition) is 8. The Kier molecular flexibility index (Phi) is 10.3. The lowest BCUT2D eigenvalue weighted by Crippen LogP contribution is -2.21. The minimum Gasteiger partial charge on any atom is -0.462 e. The molecule has 12 heteroatoms. The van der Waals surface area contributed by atoms with Crippen molar-refractivity contribution >= 4 is 67.4 Å². The molecule has 1 N–H and O–H groups in total. The number of halogens is 1. The normalized spacial score (nSPS) is 15.4. The van der Waals surface area contributed by atoms with Gasteiger partial charge in [0.2, 0.25) is 5.91 Å². The van der Waals surface area contributed by atoms with E-state index in [2.05, 4.69) is 17.2 Å². The SMILES string of the molecule is CCOCCn1c(=NC(=O)CSCC(=O)Nc2sc3c(c2C(=O)OCC)CCC(C)C3)sc2cc(F)ccc21. The maximum absolute atomic E-state index is 13.7. The highest BCUT2D eigenvalue weighted by Crippen LogP contribution is 2.40. The van der Waals surface area contributed by atoms with Crippen molar-refractivity contribution in [3.05, 3.63) is 44.8 Å². The standard InChI is InChI=1S/C27H32FN3O5S3/c1-4-35-11-10-31-19-9-7-17(28)13-21(19)39-27(31)30-23(33)15-37-14-22(32)29-25-24(26(34)36-5-2)18-8-6-16(3)12-20(18)38-25/h7,9,13,16H,4-6,8,10-12,14-15H2,1-3H3,(H,29,32). The van der Waals surface area contributed by atoms with E-state index in [1.807, 2.05) is 11.5 Å². The Labute approximate surface area is 238 Å². The molecule has 2 heterocycles. The van der Waals surface area contributed by atoms with Crippen molar-refractivity contribution in [1.82, 2.24) is 4.57 Å². The lowest BCUT2D eigenvalue weighted by atomic mass is 9.88. The Morgan fingerprint density at radius 2 is 2.03 bits per heavy atom. The third-order valence-corrected chi connectivity index (χ3v) is 9.36. The molecule has 0 spiro atoms. The number of benzene rings is 1. The van der Waals surface area contributed by atoms with Crippen LogP contribution in [0.4, 0.5) is 9.39 Å². The maximum Gasteiger partial charge on any atom is 0.341 e. The van der Waals surface area contributed by atoms with Crippen molar-refractivity contribution in [2.75, 3.05) is 36.6 Å². The highest BCUT2D eigenvalue weighted by molar-refractivity contribution is 8.00. The zero-order chi connectivity index (χ0) is 27.9. The molecule has 1 unspecified atom stereocenters. The van der Waals surface area contributed by atoms with Crippen molar-refractivity contribution in [2.45, 2.75) is 46.6 Å². The minimum atomic E-state index is -0.414. The third kappa shape index (κ3) is 7.36. The summed E-state index contributed by atoms with van der Waals surface area (Å²) in [5.74, 6) is -0.894. The number of carbonyl (C=O) groups excluding carboxylic acids is 3. The van der Waals surface area contributed by atoms with E-state index in [9.17, 15) is 18.8 Å². The van der Waals surface area contributed by atoms with E-state index in [1.165, 1.54) is 34.8 Å². The predicted octanol–water partition coefficient (Wildman–Crippen LogP) is 5.04. The second-order valence-electron chi connectivity index (χ2n) is 9.17. The van der Waals surface area contributed by atoms with Crippen LogP contribution >= 0.6 is 34.4 Å².